The fourth-order valence-corrected chi connectivity index (χ4v) is 2.37. The van der Waals surface area contributed by atoms with Gasteiger partial charge < -0.3 is 9.64 Å². The molecule has 0 spiro atoms. The van der Waals surface area contributed by atoms with Gasteiger partial charge in [0.2, 0.25) is 5.88 Å². The van der Waals surface area contributed by atoms with Crippen LogP contribution in [0.2, 0.25) is 0 Å². The normalized spacial score (nSPS) is 17.5. The summed E-state index contributed by atoms with van der Waals surface area (Å²) in [6.07, 6.45) is 8.95. The minimum absolute atomic E-state index is 0.369. The summed E-state index contributed by atoms with van der Waals surface area (Å²) >= 11 is 0. The molecule has 0 radical (unpaired) electrons. The van der Waals surface area contributed by atoms with Crippen molar-refractivity contribution in [3.05, 3.63) is 36.7 Å². The summed E-state index contributed by atoms with van der Waals surface area (Å²) in [7, 11) is 0. The van der Waals surface area contributed by atoms with Crippen LogP contribution >= 0.6 is 0 Å². The average molecular weight is 282 g/mol. The first-order valence-corrected chi connectivity index (χ1v) is 6.71. The first-order chi connectivity index (χ1) is 10.4. The van der Waals surface area contributed by atoms with Crippen molar-refractivity contribution in [2.45, 2.75) is 6.42 Å². The summed E-state index contributed by atoms with van der Waals surface area (Å²) in [5, 5.41) is 9.08. The third-order valence-electron chi connectivity index (χ3n) is 3.38. The van der Waals surface area contributed by atoms with Crippen molar-refractivity contribution in [2.75, 3.05) is 24.6 Å². The highest BCUT2D eigenvalue weighted by molar-refractivity contribution is 5.50. The predicted octanol–water partition coefficient (Wildman–Crippen LogP) is 1.04. The number of anilines is 1. The largest absolute Gasteiger partial charge is 0.476 e. The zero-order chi connectivity index (χ0) is 14.5. The molecule has 0 amide bonds. The van der Waals surface area contributed by atoms with Crippen molar-refractivity contribution in [3.8, 4) is 11.9 Å². The highest BCUT2D eigenvalue weighted by Crippen LogP contribution is 2.24. The average Bonchev–Trinajstić information content (AvgIpc) is 3.02. The molecule has 106 valence electrons. The number of ether oxygens (including phenoxy) is 1. The molecule has 0 bridgehead atoms. The monoisotopic (exact) mass is 282 g/mol. The van der Waals surface area contributed by atoms with E-state index in [4.69, 9.17) is 10.00 Å². The molecular weight excluding hydrogens is 268 g/mol. The summed E-state index contributed by atoms with van der Waals surface area (Å²) < 4.78 is 5.63. The number of rotatable bonds is 4. The quantitative estimate of drug-likeness (QED) is 0.827. The molecule has 3 heterocycles. The van der Waals surface area contributed by atoms with Crippen LogP contribution in [0.4, 0.5) is 5.82 Å². The molecule has 0 aliphatic carbocycles. The number of nitrogens with zero attached hydrogens (tertiary/aromatic N) is 6. The molecule has 1 aliphatic rings. The van der Waals surface area contributed by atoms with Gasteiger partial charge in [-0.2, -0.15) is 5.26 Å². The van der Waals surface area contributed by atoms with E-state index < -0.39 is 0 Å². The van der Waals surface area contributed by atoms with Gasteiger partial charge in [0.25, 0.3) is 0 Å². The standard InChI is InChI=1S/C14H14N6O/c15-7-12-14(19-5-4-17-12)20-6-1-11(9-20)10-21-13-8-16-2-3-18-13/h2-5,8,11H,1,6,9-10H2. The Morgan fingerprint density at radius 3 is 2.90 bits per heavy atom. The second-order valence-electron chi connectivity index (χ2n) is 4.80. The molecule has 1 saturated heterocycles. The van der Waals surface area contributed by atoms with Crippen molar-refractivity contribution in [1.29, 1.82) is 5.26 Å². The van der Waals surface area contributed by atoms with Crippen molar-refractivity contribution in [2.24, 2.45) is 5.92 Å². The van der Waals surface area contributed by atoms with Gasteiger partial charge in [0.15, 0.2) is 11.5 Å². The third kappa shape index (κ3) is 3.05. The lowest BCUT2D eigenvalue weighted by Gasteiger charge is -2.17. The maximum Gasteiger partial charge on any atom is 0.232 e. The lowest BCUT2D eigenvalue weighted by Crippen LogP contribution is -2.24. The second kappa shape index (κ2) is 6.13. The molecule has 1 aliphatic heterocycles. The fraction of sp³-hybridized carbons (Fsp3) is 0.357. The van der Waals surface area contributed by atoms with E-state index in [-0.39, 0.29) is 0 Å². The molecule has 2 aromatic rings. The van der Waals surface area contributed by atoms with Crippen LogP contribution in [0.5, 0.6) is 5.88 Å². The van der Waals surface area contributed by atoms with Crippen LogP contribution in [0.1, 0.15) is 12.1 Å². The van der Waals surface area contributed by atoms with Crippen LogP contribution in [0.25, 0.3) is 0 Å². The van der Waals surface area contributed by atoms with Crippen LogP contribution in [0, 0.1) is 17.2 Å². The van der Waals surface area contributed by atoms with Crippen LogP contribution in [0.3, 0.4) is 0 Å². The molecule has 7 heteroatoms. The van der Waals surface area contributed by atoms with E-state index in [2.05, 4.69) is 30.9 Å². The first kappa shape index (κ1) is 13.2. The van der Waals surface area contributed by atoms with Gasteiger partial charge in [-0.25, -0.2) is 15.0 Å². The fourth-order valence-electron chi connectivity index (χ4n) is 2.37. The first-order valence-electron chi connectivity index (χ1n) is 6.71. The van der Waals surface area contributed by atoms with Crippen molar-refractivity contribution >= 4 is 5.82 Å². The number of aromatic nitrogens is 4. The Morgan fingerprint density at radius 1 is 1.24 bits per heavy atom. The van der Waals surface area contributed by atoms with Gasteiger partial charge in [0, 0.05) is 43.8 Å². The molecule has 21 heavy (non-hydrogen) atoms. The van der Waals surface area contributed by atoms with E-state index in [1.165, 1.54) is 6.20 Å². The maximum atomic E-state index is 9.08. The third-order valence-corrected chi connectivity index (χ3v) is 3.38. The van der Waals surface area contributed by atoms with Crippen LogP contribution < -0.4 is 9.64 Å². The predicted molar refractivity (Wildman–Crippen MR) is 74.6 cm³/mol. The van der Waals surface area contributed by atoms with E-state index in [0.717, 1.165) is 19.5 Å². The van der Waals surface area contributed by atoms with E-state index in [1.807, 2.05) is 0 Å². The molecule has 3 rings (SSSR count). The number of nitriles is 1. The smallest absolute Gasteiger partial charge is 0.232 e. The van der Waals surface area contributed by atoms with Crippen LogP contribution in [0.15, 0.2) is 31.0 Å². The van der Waals surface area contributed by atoms with E-state index in [0.29, 0.717) is 29.9 Å². The zero-order valence-electron chi connectivity index (χ0n) is 11.4. The van der Waals surface area contributed by atoms with E-state index >= 15 is 0 Å². The molecule has 1 unspecified atom stereocenters. The van der Waals surface area contributed by atoms with Gasteiger partial charge in [0.05, 0.1) is 12.8 Å². The van der Waals surface area contributed by atoms with Crippen molar-refractivity contribution in [3.63, 3.8) is 0 Å². The van der Waals surface area contributed by atoms with Crippen molar-refractivity contribution in [1.82, 2.24) is 19.9 Å². The summed E-state index contributed by atoms with van der Waals surface area (Å²) in [6, 6.07) is 2.08. The highest BCUT2D eigenvalue weighted by atomic mass is 16.5. The minimum atomic E-state index is 0.369. The maximum absolute atomic E-state index is 9.08. The Bertz CT molecular complexity index is 641. The Kier molecular flexibility index (Phi) is 3.87. The highest BCUT2D eigenvalue weighted by Gasteiger charge is 2.26. The molecule has 2 aromatic heterocycles. The van der Waals surface area contributed by atoms with Gasteiger partial charge in [-0.3, -0.25) is 4.98 Å². The van der Waals surface area contributed by atoms with Gasteiger partial charge in [-0.05, 0) is 6.42 Å². The summed E-state index contributed by atoms with van der Waals surface area (Å²) in [4.78, 5) is 18.4. The van der Waals surface area contributed by atoms with Crippen molar-refractivity contribution < 1.29 is 4.74 Å². The van der Waals surface area contributed by atoms with Gasteiger partial charge >= 0.3 is 0 Å². The van der Waals surface area contributed by atoms with Crippen LogP contribution in [-0.2, 0) is 0 Å². The molecule has 1 atom stereocenters. The minimum Gasteiger partial charge on any atom is -0.476 e. The Hall–Kier alpha value is -2.75. The number of hydrogen-bond acceptors (Lipinski definition) is 7. The molecular formula is C14H14N6O. The Labute approximate surface area is 122 Å². The summed E-state index contributed by atoms with van der Waals surface area (Å²) in [5.74, 6) is 1.57. The Balaban J connectivity index is 1.60. The SMILES string of the molecule is N#Cc1nccnc1N1CCC(COc2cnccn2)C1. The van der Waals surface area contributed by atoms with Gasteiger partial charge in [-0.1, -0.05) is 0 Å². The zero-order valence-corrected chi connectivity index (χ0v) is 11.4. The topological polar surface area (TPSA) is 87.8 Å². The van der Waals surface area contributed by atoms with E-state index in [1.54, 1.807) is 24.8 Å². The molecule has 1 fully saturated rings. The summed E-state index contributed by atoms with van der Waals surface area (Å²) in [5.41, 5.74) is 0.369. The second-order valence-corrected chi connectivity index (χ2v) is 4.80. The summed E-state index contributed by atoms with van der Waals surface area (Å²) in [6.45, 7) is 2.23. The lowest BCUT2D eigenvalue weighted by atomic mass is 10.1. The molecule has 0 aromatic carbocycles. The lowest BCUT2D eigenvalue weighted by molar-refractivity contribution is 0.251. The van der Waals surface area contributed by atoms with E-state index in [9.17, 15) is 0 Å². The Morgan fingerprint density at radius 2 is 2.10 bits per heavy atom. The van der Waals surface area contributed by atoms with Gasteiger partial charge in [0.1, 0.15) is 6.07 Å². The number of hydrogen-bond donors (Lipinski definition) is 0. The molecule has 7 nitrogen and oxygen atoms in total. The van der Waals surface area contributed by atoms with Gasteiger partial charge in [-0.15, -0.1) is 0 Å². The van der Waals surface area contributed by atoms with Crippen LogP contribution in [-0.4, -0.2) is 39.6 Å². The molecule has 0 saturated carbocycles. The molecule has 0 N–H and O–H groups in total.